The van der Waals surface area contributed by atoms with Gasteiger partial charge in [-0.05, 0) is 68.4 Å². The number of carbonyl (C=O) groups excluding carboxylic acids is 1. The van der Waals surface area contributed by atoms with Crippen LogP contribution in [0.3, 0.4) is 0 Å². The predicted octanol–water partition coefficient (Wildman–Crippen LogP) is 4.20. The van der Waals surface area contributed by atoms with Gasteiger partial charge >= 0.3 is 18.0 Å². The van der Waals surface area contributed by atoms with Crippen LogP contribution in [0.1, 0.15) is 60.9 Å². The van der Waals surface area contributed by atoms with Crippen molar-refractivity contribution in [1.29, 1.82) is 0 Å². The number of hydrogen-bond donors (Lipinski definition) is 1. The van der Waals surface area contributed by atoms with Gasteiger partial charge in [0.25, 0.3) is 0 Å². The number of nitrogens with zero attached hydrogens (tertiary/aromatic N) is 4. The molecule has 0 radical (unpaired) electrons. The Hall–Kier alpha value is -2.95. The van der Waals surface area contributed by atoms with E-state index in [0.717, 1.165) is 41.6 Å². The first kappa shape index (κ1) is 22.5. The van der Waals surface area contributed by atoms with Gasteiger partial charge in [-0.15, -0.1) is 0 Å². The van der Waals surface area contributed by atoms with E-state index in [4.69, 9.17) is 9.26 Å². The van der Waals surface area contributed by atoms with Gasteiger partial charge in [-0.2, -0.15) is 18.2 Å². The number of fused-ring (bicyclic) bond motifs is 1. The highest BCUT2D eigenvalue weighted by Crippen LogP contribution is 2.57. The fraction of sp³-hybridized carbons (Fsp3) is 0.583. The quantitative estimate of drug-likeness (QED) is 0.500. The summed E-state index contributed by atoms with van der Waals surface area (Å²) in [6.07, 6.45) is 2.68. The summed E-state index contributed by atoms with van der Waals surface area (Å²) < 4.78 is 52.8. The van der Waals surface area contributed by atoms with Gasteiger partial charge in [0.05, 0.1) is 29.8 Å². The highest BCUT2D eigenvalue weighted by atomic mass is 19.4. The third-order valence-electron chi connectivity index (χ3n) is 7.65. The fourth-order valence-corrected chi connectivity index (χ4v) is 6.72. The van der Waals surface area contributed by atoms with Gasteiger partial charge in [0.15, 0.2) is 5.82 Å². The maximum absolute atomic E-state index is 13.5. The first-order chi connectivity index (χ1) is 16.8. The van der Waals surface area contributed by atoms with Gasteiger partial charge in [-0.25, -0.2) is 4.98 Å². The van der Waals surface area contributed by atoms with Crippen LogP contribution in [-0.2, 0) is 17.5 Å². The maximum atomic E-state index is 13.5. The second-order valence-electron chi connectivity index (χ2n) is 10.2. The Morgan fingerprint density at radius 2 is 1.80 bits per heavy atom. The number of carbonyl (C=O) groups is 1. The first-order valence-corrected chi connectivity index (χ1v) is 12.1. The lowest BCUT2D eigenvalue weighted by Crippen LogP contribution is -2.52. The molecule has 11 heteroatoms. The van der Waals surface area contributed by atoms with E-state index in [1.165, 1.54) is 31.4 Å². The van der Waals surface area contributed by atoms with Crippen LogP contribution < -0.4 is 5.32 Å². The number of benzene rings is 1. The molecular formula is C24H26F3N5O3. The van der Waals surface area contributed by atoms with Gasteiger partial charge in [-0.1, -0.05) is 17.3 Å². The van der Waals surface area contributed by atoms with Crippen molar-refractivity contribution in [3.8, 4) is 0 Å². The van der Waals surface area contributed by atoms with Crippen molar-refractivity contribution in [2.24, 2.45) is 17.8 Å². The Bertz CT molecular complexity index is 1220. The van der Waals surface area contributed by atoms with Crippen LogP contribution in [0.5, 0.6) is 0 Å². The molecule has 2 heterocycles. The van der Waals surface area contributed by atoms with Crippen molar-refractivity contribution in [2.75, 3.05) is 13.2 Å². The van der Waals surface area contributed by atoms with Crippen LogP contribution in [0.4, 0.5) is 13.2 Å². The molecule has 3 aromatic rings. The molecule has 0 unspecified atom stereocenters. The third-order valence-corrected chi connectivity index (χ3v) is 7.65. The molecule has 0 spiro atoms. The van der Waals surface area contributed by atoms with E-state index < -0.39 is 17.9 Å². The number of amides is 1. The molecule has 4 bridgehead atoms. The van der Waals surface area contributed by atoms with Crippen molar-refractivity contribution in [2.45, 2.75) is 56.8 Å². The van der Waals surface area contributed by atoms with Crippen molar-refractivity contribution < 1.29 is 27.2 Å². The number of imidazole rings is 1. The van der Waals surface area contributed by atoms with E-state index in [-0.39, 0.29) is 34.9 Å². The molecule has 0 saturated heterocycles. The van der Waals surface area contributed by atoms with Crippen molar-refractivity contribution in [1.82, 2.24) is 25.0 Å². The standard InChI is InChI=1S/C24H26F3N5O3/c25-24(26,27)22-29-17-3-1-2-4-18(17)32(22)13-19-30-21(35-31-19)20(33)28-5-6-34-23-10-14-7-15(11-23)9-16(8-14)12-23/h1-4,14-16H,5-13H2,(H,28,33). The largest absolute Gasteiger partial charge is 0.449 e. The van der Waals surface area contributed by atoms with E-state index in [1.807, 2.05) is 0 Å². The summed E-state index contributed by atoms with van der Waals surface area (Å²) in [5, 5.41) is 6.41. The minimum absolute atomic E-state index is 0.0408. The lowest BCUT2D eigenvalue weighted by atomic mass is 9.54. The number of para-hydroxylation sites is 2. The van der Waals surface area contributed by atoms with Crippen molar-refractivity contribution in [3.05, 3.63) is 41.8 Å². The zero-order valence-corrected chi connectivity index (χ0v) is 19.1. The smallest absolute Gasteiger partial charge is 0.373 e. The molecule has 35 heavy (non-hydrogen) atoms. The summed E-state index contributed by atoms with van der Waals surface area (Å²) in [6, 6.07) is 6.28. The van der Waals surface area contributed by atoms with Crippen molar-refractivity contribution >= 4 is 16.9 Å². The van der Waals surface area contributed by atoms with Crippen LogP contribution in [0.2, 0.25) is 0 Å². The van der Waals surface area contributed by atoms with Crippen LogP contribution >= 0.6 is 0 Å². The second kappa shape index (κ2) is 8.32. The molecule has 0 atom stereocenters. The molecule has 7 rings (SSSR count). The van der Waals surface area contributed by atoms with Crippen molar-refractivity contribution in [3.63, 3.8) is 0 Å². The first-order valence-electron chi connectivity index (χ1n) is 12.1. The number of ether oxygens (including phenoxy) is 1. The zero-order valence-electron chi connectivity index (χ0n) is 19.1. The third kappa shape index (κ3) is 4.30. The topological polar surface area (TPSA) is 95.1 Å². The summed E-state index contributed by atoms with van der Waals surface area (Å²) in [4.78, 5) is 20.2. The molecule has 1 aromatic carbocycles. The minimum atomic E-state index is -4.65. The van der Waals surface area contributed by atoms with Crippen LogP contribution in [0.15, 0.2) is 28.8 Å². The zero-order chi connectivity index (χ0) is 24.2. The molecule has 4 saturated carbocycles. The Labute approximate surface area is 199 Å². The molecule has 0 aliphatic heterocycles. The van der Waals surface area contributed by atoms with E-state index in [9.17, 15) is 18.0 Å². The Morgan fingerprint density at radius 1 is 1.11 bits per heavy atom. The van der Waals surface area contributed by atoms with E-state index in [2.05, 4.69) is 20.4 Å². The predicted molar refractivity (Wildman–Crippen MR) is 117 cm³/mol. The van der Waals surface area contributed by atoms with E-state index in [1.54, 1.807) is 12.1 Å². The lowest BCUT2D eigenvalue weighted by Gasteiger charge is -2.56. The number of aromatic nitrogens is 4. The van der Waals surface area contributed by atoms with Crippen LogP contribution in [-0.4, -0.2) is 44.4 Å². The molecule has 4 fully saturated rings. The highest BCUT2D eigenvalue weighted by Gasteiger charge is 2.51. The summed E-state index contributed by atoms with van der Waals surface area (Å²) in [5.74, 6) is 0.344. The molecule has 4 aliphatic carbocycles. The van der Waals surface area contributed by atoms with Gasteiger partial charge in [0, 0.05) is 6.54 Å². The molecule has 8 nitrogen and oxygen atoms in total. The van der Waals surface area contributed by atoms with Gasteiger partial charge in [0.2, 0.25) is 5.82 Å². The average Bonchev–Trinajstić information content (AvgIpc) is 3.41. The number of alkyl halides is 3. The number of nitrogens with one attached hydrogen (secondary N) is 1. The lowest BCUT2D eigenvalue weighted by molar-refractivity contribution is -0.161. The number of rotatable bonds is 7. The molecule has 186 valence electrons. The minimum Gasteiger partial charge on any atom is -0.373 e. The fourth-order valence-electron chi connectivity index (χ4n) is 6.72. The van der Waals surface area contributed by atoms with Crippen LogP contribution in [0.25, 0.3) is 11.0 Å². The molecular weight excluding hydrogens is 463 g/mol. The van der Waals surface area contributed by atoms with Gasteiger partial charge in [0.1, 0.15) is 0 Å². The molecule has 4 aliphatic rings. The highest BCUT2D eigenvalue weighted by molar-refractivity contribution is 5.89. The maximum Gasteiger partial charge on any atom is 0.449 e. The SMILES string of the molecule is O=C(NCCOC12CC3CC(CC(C3)C1)C2)c1nc(Cn2c(C(F)(F)F)nc3ccccc32)no1. The Kier molecular flexibility index (Phi) is 5.35. The monoisotopic (exact) mass is 489 g/mol. The van der Waals surface area contributed by atoms with E-state index >= 15 is 0 Å². The summed E-state index contributed by atoms with van der Waals surface area (Å²) in [6.45, 7) is 0.360. The normalized spacial score (nSPS) is 27.6. The molecule has 2 aromatic heterocycles. The molecule has 1 N–H and O–H groups in total. The second-order valence-corrected chi connectivity index (χ2v) is 10.2. The summed E-state index contributed by atoms with van der Waals surface area (Å²) in [7, 11) is 0. The van der Waals surface area contributed by atoms with Crippen LogP contribution in [0, 0.1) is 17.8 Å². The summed E-state index contributed by atoms with van der Waals surface area (Å²) >= 11 is 0. The Balaban J connectivity index is 1.07. The average molecular weight is 489 g/mol. The number of halogens is 3. The van der Waals surface area contributed by atoms with Gasteiger partial charge < -0.3 is 19.1 Å². The molecule has 1 amide bonds. The van der Waals surface area contributed by atoms with Gasteiger partial charge in [-0.3, -0.25) is 4.79 Å². The Morgan fingerprint density at radius 3 is 2.49 bits per heavy atom. The van der Waals surface area contributed by atoms with E-state index in [0.29, 0.717) is 13.2 Å². The summed E-state index contributed by atoms with van der Waals surface area (Å²) in [5.41, 5.74) is 0.457. The number of hydrogen-bond acceptors (Lipinski definition) is 6.